The third-order valence-corrected chi connectivity index (χ3v) is 2.73. The SMILES string of the molecule is CCOC(=O)[C@H](C)NC1CCCCC1. The average molecular weight is 199 g/mol. The number of rotatable bonds is 4. The van der Waals surface area contributed by atoms with Crippen molar-refractivity contribution in [1.82, 2.24) is 5.32 Å². The molecule has 1 aliphatic rings. The first-order valence-corrected chi connectivity index (χ1v) is 5.66. The number of nitrogens with one attached hydrogen (secondary N) is 1. The molecular weight excluding hydrogens is 178 g/mol. The molecule has 0 heterocycles. The van der Waals surface area contributed by atoms with Gasteiger partial charge in [-0.3, -0.25) is 4.79 Å². The van der Waals surface area contributed by atoms with Crippen LogP contribution in [0.4, 0.5) is 0 Å². The van der Waals surface area contributed by atoms with Gasteiger partial charge in [0, 0.05) is 6.04 Å². The van der Waals surface area contributed by atoms with E-state index in [4.69, 9.17) is 4.74 Å². The molecule has 0 spiro atoms. The minimum atomic E-state index is -0.155. The van der Waals surface area contributed by atoms with Gasteiger partial charge in [-0.2, -0.15) is 0 Å². The van der Waals surface area contributed by atoms with E-state index in [2.05, 4.69) is 5.32 Å². The Labute approximate surface area is 86.2 Å². The molecule has 0 bridgehead atoms. The second kappa shape index (κ2) is 6.02. The molecule has 1 N–H and O–H groups in total. The van der Waals surface area contributed by atoms with Crippen molar-refractivity contribution in [3.63, 3.8) is 0 Å². The van der Waals surface area contributed by atoms with Crippen LogP contribution in [0.2, 0.25) is 0 Å². The summed E-state index contributed by atoms with van der Waals surface area (Å²) in [5.74, 6) is -0.127. The van der Waals surface area contributed by atoms with Crippen molar-refractivity contribution >= 4 is 5.97 Å². The van der Waals surface area contributed by atoms with Crippen LogP contribution in [0.25, 0.3) is 0 Å². The van der Waals surface area contributed by atoms with E-state index in [-0.39, 0.29) is 12.0 Å². The summed E-state index contributed by atoms with van der Waals surface area (Å²) in [6.07, 6.45) is 6.31. The highest BCUT2D eigenvalue weighted by molar-refractivity contribution is 5.75. The zero-order chi connectivity index (χ0) is 10.4. The zero-order valence-electron chi connectivity index (χ0n) is 9.21. The first kappa shape index (κ1) is 11.5. The summed E-state index contributed by atoms with van der Waals surface area (Å²) >= 11 is 0. The van der Waals surface area contributed by atoms with E-state index in [0.717, 1.165) is 0 Å². The molecule has 0 unspecified atom stereocenters. The highest BCUT2D eigenvalue weighted by Gasteiger charge is 2.20. The molecule has 0 aromatic heterocycles. The Balaban J connectivity index is 2.24. The summed E-state index contributed by atoms with van der Waals surface area (Å²) in [5, 5.41) is 3.33. The Kier molecular flexibility index (Phi) is 4.94. The summed E-state index contributed by atoms with van der Waals surface area (Å²) in [4.78, 5) is 11.3. The first-order valence-electron chi connectivity index (χ1n) is 5.66. The van der Waals surface area contributed by atoms with Crippen molar-refractivity contribution in [2.45, 2.75) is 58.0 Å². The van der Waals surface area contributed by atoms with Crippen LogP contribution in [-0.4, -0.2) is 24.7 Å². The van der Waals surface area contributed by atoms with E-state index in [1.54, 1.807) is 0 Å². The van der Waals surface area contributed by atoms with Gasteiger partial charge in [0.1, 0.15) is 6.04 Å². The smallest absolute Gasteiger partial charge is 0.322 e. The van der Waals surface area contributed by atoms with Crippen LogP contribution in [-0.2, 0) is 9.53 Å². The number of ether oxygens (including phenoxy) is 1. The minimum absolute atomic E-state index is 0.127. The number of carbonyl (C=O) groups is 1. The van der Waals surface area contributed by atoms with Crippen LogP contribution < -0.4 is 5.32 Å². The van der Waals surface area contributed by atoms with Gasteiger partial charge < -0.3 is 10.1 Å². The predicted molar refractivity (Wildman–Crippen MR) is 56.1 cm³/mol. The Hall–Kier alpha value is -0.570. The first-order chi connectivity index (χ1) is 6.74. The molecule has 0 amide bonds. The van der Waals surface area contributed by atoms with Gasteiger partial charge in [-0.1, -0.05) is 19.3 Å². The molecule has 0 radical (unpaired) electrons. The highest BCUT2D eigenvalue weighted by Crippen LogP contribution is 2.17. The van der Waals surface area contributed by atoms with Crippen LogP contribution in [0, 0.1) is 0 Å². The second-order valence-electron chi connectivity index (χ2n) is 3.98. The summed E-state index contributed by atoms with van der Waals surface area (Å²) in [5.41, 5.74) is 0. The van der Waals surface area contributed by atoms with Crippen molar-refractivity contribution in [2.24, 2.45) is 0 Å². The normalized spacial score (nSPS) is 20.4. The van der Waals surface area contributed by atoms with Crippen LogP contribution in [0.15, 0.2) is 0 Å². The molecule has 0 saturated heterocycles. The predicted octanol–water partition coefficient (Wildman–Crippen LogP) is 1.86. The zero-order valence-corrected chi connectivity index (χ0v) is 9.21. The molecule has 1 atom stereocenters. The van der Waals surface area contributed by atoms with Crippen molar-refractivity contribution < 1.29 is 9.53 Å². The van der Waals surface area contributed by atoms with E-state index in [9.17, 15) is 4.79 Å². The van der Waals surface area contributed by atoms with Gasteiger partial charge in [-0.15, -0.1) is 0 Å². The van der Waals surface area contributed by atoms with Gasteiger partial charge in [-0.05, 0) is 26.7 Å². The maximum absolute atomic E-state index is 11.3. The number of carbonyl (C=O) groups excluding carboxylic acids is 1. The fourth-order valence-electron chi connectivity index (χ4n) is 1.96. The summed E-state index contributed by atoms with van der Waals surface area (Å²) in [6, 6.07) is 0.362. The van der Waals surface area contributed by atoms with Crippen LogP contribution in [0.5, 0.6) is 0 Å². The quantitative estimate of drug-likeness (QED) is 0.702. The topological polar surface area (TPSA) is 38.3 Å². The molecule has 0 aliphatic heterocycles. The lowest BCUT2D eigenvalue weighted by atomic mass is 9.95. The lowest BCUT2D eigenvalue weighted by Crippen LogP contribution is -2.43. The minimum Gasteiger partial charge on any atom is -0.465 e. The van der Waals surface area contributed by atoms with E-state index >= 15 is 0 Å². The van der Waals surface area contributed by atoms with E-state index in [1.807, 2.05) is 13.8 Å². The number of hydrogen-bond acceptors (Lipinski definition) is 3. The van der Waals surface area contributed by atoms with Crippen molar-refractivity contribution in [3.8, 4) is 0 Å². The lowest BCUT2D eigenvalue weighted by Gasteiger charge is -2.25. The van der Waals surface area contributed by atoms with Crippen molar-refractivity contribution in [3.05, 3.63) is 0 Å². The Morgan fingerprint density at radius 3 is 2.64 bits per heavy atom. The molecule has 1 aliphatic carbocycles. The highest BCUT2D eigenvalue weighted by atomic mass is 16.5. The molecule has 0 aromatic carbocycles. The van der Waals surface area contributed by atoms with Gasteiger partial charge in [0.15, 0.2) is 0 Å². The Morgan fingerprint density at radius 1 is 1.43 bits per heavy atom. The van der Waals surface area contributed by atoms with Gasteiger partial charge in [0.25, 0.3) is 0 Å². The van der Waals surface area contributed by atoms with E-state index in [0.29, 0.717) is 12.6 Å². The molecule has 1 saturated carbocycles. The molecule has 82 valence electrons. The van der Waals surface area contributed by atoms with Gasteiger partial charge in [0.05, 0.1) is 6.61 Å². The molecule has 3 heteroatoms. The summed E-state index contributed by atoms with van der Waals surface area (Å²) < 4.78 is 4.94. The molecule has 1 rings (SSSR count). The average Bonchev–Trinajstić information content (AvgIpc) is 2.19. The fourth-order valence-corrected chi connectivity index (χ4v) is 1.96. The monoisotopic (exact) mass is 199 g/mol. The molecule has 0 aromatic rings. The Morgan fingerprint density at radius 2 is 2.07 bits per heavy atom. The van der Waals surface area contributed by atoms with E-state index in [1.165, 1.54) is 32.1 Å². The van der Waals surface area contributed by atoms with Gasteiger partial charge in [-0.25, -0.2) is 0 Å². The number of esters is 1. The van der Waals surface area contributed by atoms with Crippen LogP contribution in [0.3, 0.4) is 0 Å². The maximum atomic E-state index is 11.3. The van der Waals surface area contributed by atoms with Gasteiger partial charge in [0.2, 0.25) is 0 Å². The van der Waals surface area contributed by atoms with Gasteiger partial charge >= 0.3 is 5.97 Å². The van der Waals surface area contributed by atoms with Crippen molar-refractivity contribution in [1.29, 1.82) is 0 Å². The van der Waals surface area contributed by atoms with Crippen LogP contribution >= 0.6 is 0 Å². The lowest BCUT2D eigenvalue weighted by molar-refractivity contribution is -0.145. The third-order valence-electron chi connectivity index (χ3n) is 2.73. The fraction of sp³-hybridized carbons (Fsp3) is 0.909. The molecule has 3 nitrogen and oxygen atoms in total. The summed E-state index contributed by atoms with van der Waals surface area (Å²) in [7, 11) is 0. The molecule has 1 fully saturated rings. The number of hydrogen-bond donors (Lipinski definition) is 1. The standard InChI is InChI=1S/C11H21NO2/c1-3-14-11(13)9(2)12-10-7-5-4-6-8-10/h9-10,12H,3-8H2,1-2H3/t9-/m0/s1. The second-order valence-corrected chi connectivity index (χ2v) is 3.98. The summed E-state index contributed by atoms with van der Waals surface area (Å²) in [6.45, 7) is 4.19. The van der Waals surface area contributed by atoms with E-state index < -0.39 is 0 Å². The van der Waals surface area contributed by atoms with Crippen molar-refractivity contribution in [2.75, 3.05) is 6.61 Å². The molecule has 14 heavy (non-hydrogen) atoms. The molecular formula is C11H21NO2. The van der Waals surface area contributed by atoms with Crippen LogP contribution in [0.1, 0.15) is 46.0 Å². The maximum Gasteiger partial charge on any atom is 0.322 e. The Bertz CT molecular complexity index is 176. The largest absolute Gasteiger partial charge is 0.465 e. The third kappa shape index (κ3) is 3.66.